The minimum Gasteiger partial charge on any atom is -0.267 e. The SMILES string of the molecule is N#Cc1ccc(NS(=O)(=O)C2CCS(=O)(=O)CC2)nc1. The molecule has 0 aliphatic carbocycles. The first kappa shape index (κ1) is 14.7. The van der Waals surface area contributed by atoms with Gasteiger partial charge in [0.25, 0.3) is 0 Å². The molecule has 0 radical (unpaired) electrons. The smallest absolute Gasteiger partial charge is 0.236 e. The average Bonchev–Trinajstić information content (AvgIpc) is 2.38. The topological polar surface area (TPSA) is 117 Å². The molecule has 0 unspecified atom stereocenters. The van der Waals surface area contributed by atoms with Crippen LogP contribution in [0.5, 0.6) is 0 Å². The number of nitriles is 1. The van der Waals surface area contributed by atoms with E-state index in [-0.39, 0.29) is 30.2 Å². The molecule has 1 aromatic rings. The van der Waals surface area contributed by atoms with Crippen LogP contribution in [0.3, 0.4) is 0 Å². The molecule has 1 saturated heterocycles. The summed E-state index contributed by atoms with van der Waals surface area (Å²) in [6.07, 6.45) is 1.45. The molecule has 0 atom stereocenters. The number of anilines is 1. The van der Waals surface area contributed by atoms with Crippen molar-refractivity contribution in [3.05, 3.63) is 23.9 Å². The van der Waals surface area contributed by atoms with Crippen molar-refractivity contribution in [2.75, 3.05) is 16.2 Å². The van der Waals surface area contributed by atoms with Gasteiger partial charge in [-0.25, -0.2) is 21.8 Å². The quantitative estimate of drug-likeness (QED) is 0.855. The molecule has 1 aliphatic heterocycles. The highest BCUT2D eigenvalue weighted by Crippen LogP contribution is 2.21. The number of nitrogens with zero attached hydrogens (tertiary/aromatic N) is 2. The summed E-state index contributed by atoms with van der Waals surface area (Å²) in [4.78, 5) is 3.83. The highest BCUT2D eigenvalue weighted by Gasteiger charge is 2.32. The molecule has 0 amide bonds. The van der Waals surface area contributed by atoms with E-state index in [0.717, 1.165) is 0 Å². The Labute approximate surface area is 117 Å². The Morgan fingerprint density at radius 2 is 1.95 bits per heavy atom. The number of hydrogen-bond acceptors (Lipinski definition) is 6. The molecule has 0 spiro atoms. The number of pyridine rings is 1. The lowest BCUT2D eigenvalue weighted by Gasteiger charge is -2.22. The van der Waals surface area contributed by atoms with Gasteiger partial charge in [0.1, 0.15) is 21.7 Å². The molecule has 2 rings (SSSR count). The van der Waals surface area contributed by atoms with Gasteiger partial charge in [0.15, 0.2) is 0 Å². The molecule has 108 valence electrons. The van der Waals surface area contributed by atoms with Gasteiger partial charge in [-0.15, -0.1) is 0 Å². The molecule has 1 aromatic heterocycles. The van der Waals surface area contributed by atoms with Crippen LogP contribution < -0.4 is 4.72 Å². The third-order valence-corrected chi connectivity index (χ3v) is 6.64. The van der Waals surface area contributed by atoms with Crippen molar-refractivity contribution in [3.63, 3.8) is 0 Å². The van der Waals surface area contributed by atoms with Crippen LogP contribution in [0, 0.1) is 11.3 Å². The predicted molar refractivity (Wildman–Crippen MR) is 73.2 cm³/mol. The second kappa shape index (κ2) is 5.38. The summed E-state index contributed by atoms with van der Waals surface area (Å²) in [6, 6.07) is 4.74. The summed E-state index contributed by atoms with van der Waals surface area (Å²) >= 11 is 0. The van der Waals surface area contributed by atoms with Gasteiger partial charge in [0.2, 0.25) is 10.0 Å². The van der Waals surface area contributed by atoms with Crippen molar-refractivity contribution in [3.8, 4) is 6.07 Å². The molecule has 0 aromatic carbocycles. The minimum atomic E-state index is -3.67. The lowest BCUT2D eigenvalue weighted by molar-refractivity contribution is 0.555. The van der Waals surface area contributed by atoms with E-state index in [1.54, 1.807) is 0 Å². The summed E-state index contributed by atoms with van der Waals surface area (Å²) < 4.78 is 49.1. The van der Waals surface area contributed by atoms with Gasteiger partial charge in [-0.2, -0.15) is 5.26 Å². The maximum Gasteiger partial charge on any atom is 0.236 e. The Hall–Kier alpha value is -1.66. The average molecular weight is 315 g/mol. The predicted octanol–water partition coefficient (Wildman–Crippen LogP) is 0.272. The lowest BCUT2D eigenvalue weighted by atomic mass is 10.2. The number of hydrogen-bond donors (Lipinski definition) is 1. The summed E-state index contributed by atoms with van der Waals surface area (Å²) in [7, 11) is -6.77. The van der Waals surface area contributed by atoms with Crippen LogP contribution in [0.25, 0.3) is 0 Å². The van der Waals surface area contributed by atoms with Gasteiger partial charge in [-0.05, 0) is 25.0 Å². The van der Waals surface area contributed by atoms with Crippen molar-refractivity contribution < 1.29 is 16.8 Å². The first-order chi connectivity index (χ1) is 9.32. The van der Waals surface area contributed by atoms with Gasteiger partial charge < -0.3 is 0 Å². The highest BCUT2D eigenvalue weighted by atomic mass is 32.2. The van der Waals surface area contributed by atoms with E-state index < -0.39 is 25.1 Å². The van der Waals surface area contributed by atoms with E-state index in [1.807, 2.05) is 6.07 Å². The summed E-state index contributed by atoms with van der Waals surface area (Å²) in [5.74, 6) is -0.101. The second-order valence-electron chi connectivity index (χ2n) is 4.54. The van der Waals surface area contributed by atoms with E-state index in [4.69, 9.17) is 5.26 Å². The molecule has 1 fully saturated rings. The van der Waals surface area contributed by atoms with Crippen molar-refractivity contribution in [2.45, 2.75) is 18.1 Å². The molecule has 2 heterocycles. The third-order valence-electron chi connectivity index (χ3n) is 3.08. The normalized spacial score (nSPS) is 19.1. The van der Waals surface area contributed by atoms with Crippen molar-refractivity contribution in [1.82, 2.24) is 4.98 Å². The monoisotopic (exact) mass is 315 g/mol. The zero-order valence-corrected chi connectivity index (χ0v) is 12.1. The van der Waals surface area contributed by atoms with E-state index in [9.17, 15) is 16.8 Å². The number of rotatable bonds is 3. The third kappa shape index (κ3) is 3.46. The van der Waals surface area contributed by atoms with Crippen LogP contribution in [0.1, 0.15) is 18.4 Å². The van der Waals surface area contributed by atoms with Crippen LogP contribution in [0.4, 0.5) is 5.82 Å². The first-order valence-electron chi connectivity index (χ1n) is 5.91. The molecule has 7 nitrogen and oxygen atoms in total. The molecular formula is C11H13N3O4S2. The molecule has 0 saturated carbocycles. The number of sulfonamides is 1. The van der Waals surface area contributed by atoms with Gasteiger partial charge in [0.05, 0.1) is 22.3 Å². The van der Waals surface area contributed by atoms with Crippen LogP contribution >= 0.6 is 0 Å². The van der Waals surface area contributed by atoms with Gasteiger partial charge >= 0.3 is 0 Å². The summed E-state index contributed by atoms with van der Waals surface area (Å²) in [5.41, 5.74) is 0.330. The molecule has 9 heteroatoms. The zero-order valence-electron chi connectivity index (χ0n) is 10.5. The van der Waals surface area contributed by atoms with Crippen molar-refractivity contribution >= 4 is 25.7 Å². The van der Waals surface area contributed by atoms with E-state index in [0.29, 0.717) is 5.56 Å². The lowest BCUT2D eigenvalue weighted by Crippen LogP contribution is -2.36. The standard InChI is InChI=1S/C11H13N3O4S2/c12-7-9-1-2-11(13-8-9)14-20(17,18)10-3-5-19(15,16)6-4-10/h1-2,8,10H,3-6H2,(H,13,14). The minimum absolute atomic E-state index is 0.0912. The molecule has 20 heavy (non-hydrogen) atoms. The molecule has 1 N–H and O–H groups in total. The highest BCUT2D eigenvalue weighted by molar-refractivity contribution is 7.94. The summed E-state index contributed by atoms with van der Waals surface area (Å²) in [6.45, 7) is 0. The molecule has 1 aliphatic rings. The van der Waals surface area contributed by atoms with Crippen LogP contribution in [0.15, 0.2) is 18.3 Å². The Balaban J connectivity index is 2.09. The maximum absolute atomic E-state index is 12.1. The fraction of sp³-hybridized carbons (Fsp3) is 0.455. The Bertz CT molecular complexity index is 719. The van der Waals surface area contributed by atoms with Gasteiger partial charge in [0, 0.05) is 6.20 Å². The molecule has 0 bridgehead atoms. The van der Waals surface area contributed by atoms with Crippen molar-refractivity contribution in [2.24, 2.45) is 0 Å². The van der Waals surface area contributed by atoms with Crippen molar-refractivity contribution in [1.29, 1.82) is 5.26 Å². The van der Waals surface area contributed by atoms with Gasteiger partial charge in [-0.1, -0.05) is 0 Å². The van der Waals surface area contributed by atoms with E-state index in [1.165, 1.54) is 18.3 Å². The summed E-state index contributed by atoms with van der Waals surface area (Å²) in [5, 5.41) is 7.90. The van der Waals surface area contributed by atoms with Gasteiger partial charge in [-0.3, -0.25) is 4.72 Å². The number of nitrogens with one attached hydrogen (secondary N) is 1. The van der Waals surface area contributed by atoms with E-state index >= 15 is 0 Å². The second-order valence-corrected chi connectivity index (χ2v) is 8.81. The number of aromatic nitrogens is 1. The fourth-order valence-corrected chi connectivity index (χ4v) is 5.15. The Kier molecular flexibility index (Phi) is 3.96. The van der Waals surface area contributed by atoms with Crippen LogP contribution in [-0.2, 0) is 19.9 Å². The van der Waals surface area contributed by atoms with E-state index in [2.05, 4.69) is 9.71 Å². The Morgan fingerprint density at radius 3 is 2.45 bits per heavy atom. The van der Waals surface area contributed by atoms with Crippen LogP contribution in [0.2, 0.25) is 0 Å². The first-order valence-corrected chi connectivity index (χ1v) is 9.27. The maximum atomic E-state index is 12.1. The van der Waals surface area contributed by atoms with Crippen LogP contribution in [-0.4, -0.2) is 38.6 Å². The number of sulfone groups is 1. The zero-order chi connectivity index (χ0) is 14.8. The fourth-order valence-electron chi connectivity index (χ4n) is 1.93. The molecular weight excluding hydrogens is 302 g/mol. The largest absolute Gasteiger partial charge is 0.267 e. The Morgan fingerprint density at radius 1 is 1.30 bits per heavy atom.